The minimum absolute atomic E-state index is 0.0179. The number of likely N-dealkylation sites (N-methyl/N-ethyl adjacent to an activating group) is 1. The lowest BCUT2D eigenvalue weighted by molar-refractivity contribution is 0.0130. The zero-order chi connectivity index (χ0) is 32.4. The number of benzene rings is 3. The van der Waals surface area contributed by atoms with Gasteiger partial charge in [0.1, 0.15) is 22.7 Å². The number of amides is 1. The van der Waals surface area contributed by atoms with E-state index in [0.29, 0.717) is 41.8 Å². The topological polar surface area (TPSA) is 85.3 Å². The van der Waals surface area contributed by atoms with Gasteiger partial charge in [0.2, 0.25) is 5.95 Å². The van der Waals surface area contributed by atoms with Crippen molar-refractivity contribution in [3.05, 3.63) is 53.3 Å². The number of carbonyl (C=O) groups is 1. The summed E-state index contributed by atoms with van der Waals surface area (Å²) in [6.45, 7) is 11.9. The molecule has 3 heterocycles. The van der Waals surface area contributed by atoms with Crippen LogP contribution in [0.1, 0.15) is 34.6 Å². The number of piperazine rings is 1. The van der Waals surface area contributed by atoms with Crippen LogP contribution in [0.4, 0.5) is 21.0 Å². The molecule has 1 amide bonds. The molecule has 0 aliphatic carbocycles. The van der Waals surface area contributed by atoms with Crippen molar-refractivity contribution in [3.63, 3.8) is 0 Å². The summed E-state index contributed by atoms with van der Waals surface area (Å²) in [7, 11) is 4.07. The summed E-state index contributed by atoms with van der Waals surface area (Å²) < 4.78 is 22.6. The zero-order valence-corrected chi connectivity index (χ0v) is 27.6. The lowest BCUT2D eigenvalue weighted by atomic mass is 9.96. The van der Waals surface area contributed by atoms with Crippen molar-refractivity contribution in [2.24, 2.45) is 0 Å². The Balaban J connectivity index is 1.48. The third-order valence-corrected chi connectivity index (χ3v) is 9.03. The molecule has 0 unspecified atom stereocenters. The second kappa shape index (κ2) is 11.5. The number of carbonyl (C=O) groups excluding carboxylic acids is 1. The molecule has 2 aliphatic heterocycles. The van der Waals surface area contributed by atoms with E-state index >= 15 is 4.39 Å². The number of phenolic OH excluding ortho intramolecular Hbond substituents is 1. The third kappa shape index (κ3) is 5.81. The lowest BCUT2D eigenvalue weighted by Gasteiger charge is -2.46. The molecule has 11 heteroatoms. The van der Waals surface area contributed by atoms with Gasteiger partial charge in [-0.2, -0.15) is 4.98 Å². The van der Waals surface area contributed by atoms with Crippen LogP contribution in [0.25, 0.3) is 32.8 Å². The minimum atomic E-state index is -0.608. The van der Waals surface area contributed by atoms with Gasteiger partial charge in [-0.05, 0) is 83.2 Å². The second-order valence-corrected chi connectivity index (χ2v) is 13.9. The number of aromatic hydroxyl groups is 1. The fourth-order valence-electron chi connectivity index (χ4n) is 6.22. The van der Waals surface area contributed by atoms with Crippen molar-refractivity contribution in [1.82, 2.24) is 19.8 Å². The maximum atomic E-state index is 16.9. The van der Waals surface area contributed by atoms with E-state index in [4.69, 9.17) is 26.3 Å². The van der Waals surface area contributed by atoms with Crippen molar-refractivity contribution in [3.8, 4) is 16.9 Å². The molecular weight excluding hydrogens is 595 g/mol. The average Bonchev–Trinajstić information content (AvgIpc) is 2.92. The highest BCUT2D eigenvalue weighted by atomic mass is 35.5. The van der Waals surface area contributed by atoms with Gasteiger partial charge in [-0.15, -0.1) is 0 Å². The van der Waals surface area contributed by atoms with E-state index in [1.165, 1.54) is 6.07 Å². The molecule has 6 rings (SSSR count). The van der Waals surface area contributed by atoms with Crippen LogP contribution in [0.3, 0.4) is 0 Å². The average molecular weight is 635 g/mol. The van der Waals surface area contributed by atoms with Crippen LogP contribution in [0.15, 0.2) is 42.5 Å². The predicted octanol–water partition coefficient (Wildman–Crippen LogP) is 6.53. The van der Waals surface area contributed by atoms with Gasteiger partial charge in [-0.1, -0.05) is 35.9 Å². The van der Waals surface area contributed by atoms with Gasteiger partial charge >= 0.3 is 6.09 Å². The molecule has 9 nitrogen and oxygen atoms in total. The molecule has 2 saturated heterocycles. The molecule has 0 saturated carbocycles. The zero-order valence-electron chi connectivity index (χ0n) is 26.8. The molecule has 0 spiro atoms. The van der Waals surface area contributed by atoms with Crippen LogP contribution in [0.5, 0.6) is 5.75 Å². The van der Waals surface area contributed by atoms with E-state index in [-0.39, 0.29) is 40.0 Å². The highest BCUT2D eigenvalue weighted by Crippen LogP contribution is 2.43. The number of nitrogens with zero attached hydrogens (tertiary/aromatic N) is 6. The normalized spacial score (nSPS) is 19.5. The molecule has 2 aliphatic rings. The van der Waals surface area contributed by atoms with Crippen LogP contribution in [-0.2, 0) is 4.74 Å². The van der Waals surface area contributed by atoms with Gasteiger partial charge in [0.05, 0.1) is 5.02 Å². The van der Waals surface area contributed by atoms with Gasteiger partial charge in [0.25, 0.3) is 0 Å². The number of anilines is 2. The predicted molar refractivity (Wildman–Crippen MR) is 178 cm³/mol. The summed E-state index contributed by atoms with van der Waals surface area (Å²) in [5.41, 5.74) is 0.215. The Morgan fingerprint density at radius 3 is 2.42 bits per heavy atom. The fourth-order valence-corrected chi connectivity index (χ4v) is 6.51. The smallest absolute Gasteiger partial charge is 0.410 e. The first-order valence-electron chi connectivity index (χ1n) is 15.3. The molecule has 2 atom stereocenters. The molecule has 3 aromatic carbocycles. The van der Waals surface area contributed by atoms with Crippen LogP contribution in [0, 0.1) is 5.82 Å². The van der Waals surface area contributed by atoms with Crippen molar-refractivity contribution in [1.29, 1.82) is 0 Å². The summed E-state index contributed by atoms with van der Waals surface area (Å²) in [4.78, 5) is 30.9. The van der Waals surface area contributed by atoms with E-state index in [0.717, 1.165) is 23.9 Å². The number of fused-ring (bicyclic) bond motifs is 2. The van der Waals surface area contributed by atoms with E-state index < -0.39 is 11.4 Å². The quantitative estimate of drug-likeness (QED) is 0.271. The maximum absolute atomic E-state index is 16.9. The molecule has 0 radical (unpaired) electrons. The second-order valence-electron chi connectivity index (χ2n) is 13.5. The molecule has 45 heavy (non-hydrogen) atoms. The number of halogens is 2. The third-order valence-electron chi connectivity index (χ3n) is 8.73. The van der Waals surface area contributed by atoms with Crippen LogP contribution >= 0.6 is 11.6 Å². The van der Waals surface area contributed by atoms with Gasteiger partial charge in [0.15, 0.2) is 5.82 Å². The highest BCUT2D eigenvalue weighted by Gasteiger charge is 2.38. The molecule has 0 bridgehead atoms. The monoisotopic (exact) mass is 634 g/mol. The minimum Gasteiger partial charge on any atom is -0.508 e. The summed E-state index contributed by atoms with van der Waals surface area (Å²) in [5, 5.41) is 12.8. The SMILES string of the molecule is C[C@@H]1CN(c2nc(N3CC(N(C)C)C3)nc3c(F)c(-c4cc(O)cc5ccccc45)c(Cl)cc23)[C@H](C)CN1C(=O)OC(C)(C)C. The Labute approximate surface area is 268 Å². The van der Waals surface area contributed by atoms with Gasteiger partial charge < -0.3 is 29.4 Å². The van der Waals surface area contributed by atoms with E-state index in [2.05, 4.69) is 14.7 Å². The van der Waals surface area contributed by atoms with Gasteiger partial charge in [-0.25, -0.2) is 14.2 Å². The number of hydrogen-bond acceptors (Lipinski definition) is 8. The van der Waals surface area contributed by atoms with Gasteiger partial charge in [-0.3, -0.25) is 0 Å². The molecule has 238 valence electrons. The first-order chi connectivity index (χ1) is 21.2. The Kier molecular flexibility index (Phi) is 7.93. The van der Waals surface area contributed by atoms with Gasteiger partial charge in [0, 0.05) is 55.3 Å². The number of aromatic nitrogens is 2. The number of hydrogen-bond donors (Lipinski definition) is 1. The largest absolute Gasteiger partial charge is 0.508 e. The van der Waals surface area contributed by atoms with Crippen molar-refractivity contribution in [2.45, 2.75) is 58.3 Å². The number of phenols is 1. The number of ether oxygens (including phenoxy) is 1. The van der Waals surface area contributed by atoms with Crippen molar-refractivity contribution < 1.29 is 19.0 Å². The summed E-state index contributed by atoms with van der Waals surface area (Å²) in [6, 6.07) is 12.4. The molecule has 1 aromatic heterocycles. The summed E-state index contributed by atoms with van der Waals surface area (Å²) in [6.07, 6.45) is -0.359. The molecule has 1 N–H and O–H groups in total. The molecule has 2 fully saturated rings. The summed E-state index contributed by atoms with van der Waals surface area (Å²) >= 11 is 6.91. The van der Waals surface area contributed by atoms with E-state index in [9.17, 15) is 9.90 Å². The first-order valence-corrected chi connectivity index (χ1v) is 15.7. The first kappa shape index (κ1) is 31.1. The number of rotatable bonds is 4. The Hall–Kier alpha value is -3.89. The van der Waals surface area contributed by atoms with Crippen LogP contribution in [0.2, 0.25) is 5.02 Å². The Bertz CT molecular complexity index is 1790. The molecule has 4 aromatic rings. The Morgan fingerprint density at radius 2 is 1.73 bits per heavy atom. The standard InChI is InChI=1S/C34H40ClFN6O3/c1-19-16-42(33(44)45-34(3,4)5)20(2)15-41(19)31-26-14-27(35)28(25-13-23(43)12-21-10-8-9-11-24(21)25)29(36)30(26)37-32(38-31)40-17-22(18-40)39(6)7/h8-14,19-20,22,43H,15-18H2,1-7H3/t19-,20-/m1/s1. The van der Waals surface area contributed by atoms with Crippen LogP contribution < -0.4 is 9.80 Å². The summed E-state index contributed by atoms with van der Waals surface area (Å²) in [5.74, 6) is 0.456. The van der Waals surface area contributed by atoms with Crippen molar-refractivity contribution >= 4 is 51.1 Å². The lowest BCUT2D eigenvalue weighted by Crippen LogP contribution is -2.59. The highest BCUT2D eigenvalue weighted by molar-refractivity contribution is 6.35. The maximum Gasteiger partial charge on any atom is 0.410 e. The van der Waals surface area contributed by atoms with Crippen molar-refractivity contribution in [2.75, 3.05) is 50.1 Å². The molecular formula is C34H40ClFN6O3. The Morgan fingerprint density at radius 1 is 1.02 bits per heavy atom. The fraction of sp³-hybridized carbons (Fsp3) is 0.441. The van der Waals surface area contributed by atoms with E-state index in [1.807, 2.05) is 73.0 Å². The van der Waals surface area contributed by atoms with E-state index in [1.54, 1.807) is 17.0 Å². The van der Waals surface area contributed by atoms with Crippen LogP contribution in [-0.4, -0.2) is 95.0 Å².